The number of hydrogen-bond acceptors (Lipinski definition) is 5. The number of ether oxygens (including phenoxy) is 1. The van der Waals surface area contributed by atoms with Crippen LogP contribution in [0.5, 0.6) is 5.75 Å². The van der Waals surface area contributed by atoms with Crippen molar-refractivity contribution < 1.29 is 9.26 Å². The molecule has 1 aliphatic rings. The molecule has 0 spiro atoms. The summed E-state index contributed by atoms with van der Waals surface area (Å²) in [6.45, 7) is 2.86. The quantitative estimate of drug-likeness (QED) is 0.518. The second-order valence-corrected chi connectivity index (χ2v) is 7.58. The van der Waals surface area contributed by atoms with Crippen molar-refractivity contribution in [2.75, 3.05) is 20.7 Å². The zero-order valence-corrected chi connectivity index (χ0v) is 16.8. The molecule has 5 rings (SSSR count). The van der Waals surface area contributed by atoms with Crippen molar-refractivity contribution in [2.45, 2.75) is 25.9 Å². The molecule has 2 aromatic carbocycles. The maximum Gasteiger partial charge on any atom is 0.257 e. The molecule has 0 saturated heterocycles. The van der Waals surface area contributed by atoms with Crippen LogP contribution in [-0.2, 0) is 25.9 Å². The highest BCUT2D eigenvalue weighted by atomic mass is 16.5. The van der Waals surface area contributed by atoms with Crippen LogP contribution in [0.25, 0.3) is 22.4 Å². The van der Waals surface area contributed by atoms with E-state index in [0.717, 1.165) is 49.6 Å². The van der Waals surface area contributed by atoms with E-state index in [-0.39, 0.29) is 0 Å². The lowest BCUT2D eigenvalue weighted by atomic mass is 10.0. The molecule has 2 aromatic heterocycles. The van der Waals surface area contributed by atoms with E-state index in [0.29, 0.717) is 5.89 Å². The Hall–Kier alpha value is -3.12. The van der Waals surface area contributed by atoms with Crippen molar-refractivity contribution in [1.82, 2.24) is 19.6 Å². The van der Waals surface area contributed by atoms with Crippen LogP contribution in [0.4, 0.5) is 0 Å². The molecule has 0 N–H and O–H groups in total. The third kappa shape index (κ3) is 3.29. The Kier molecular flexibility index (Phi) is 4.56. The first-order valence-electron chi connectivity index (χ1n) is 9.97. The molecule has 4 aromatic rings. The van der Waals surface area contributed by atoms with E-state index < -0.39 is 0 Å². The molecule has 0 unspecified atom stereocenters. The van der Waals surface area contributed by atoms with E-state index in [4.69, 9.17) is 9.26 Å². The molecule has 0 fully saturated rings. The highest BCUT2D eigenvalue weighted by Crippen LogP contribution is 2.33. The Morgan fingerprint density at radius 3 is 2.83 bits per heavy atom. The van der Waals surface area contributed by atoms with Gasteiger partial charge in [0.25, 0.3) is 5.89 Å². The Morgan fingerprint density at radius 1 is 1.14 bits per heavy atom. The molecular formula is C23H24N4O2. The van der Waals surface area contributed by atoms with Crippen LogP contribution in [0.15, 0.2) is 53.1 Å². The summed E-state index contributed by atoms with van der Waals surface area (Å²) in [6.07, 6.45) is 1.78. The van der Waals surface area contributed by atoms with E-state index in [9.17, 15) is 0 Å². The van der Waals surface area contributed by atoms with E-state index >= 15 is 0 Å². The van der Waals surface area contributed by atoms with Crippen molar-refractivity contribution in [2.24, 2.45) is 0 Å². The Balaban J connectivity index is 1.46. The summed E-state index contributed by atoms with van der Waals surface area (Å²) in [4.78, 5) is 6.96. The van der Waals surface area contributed by atoms with Gasteiger partial charge in [0.2, 0.25) is 0 Å². The highest BCUT2D eigenvalue weighted by molar-refractivity contribution is 5.87. The number of likely N-dealkylation sites (N-methyl/N-ethyl adjacent to an activating group) is 1. The summed E-state index contributed by atoms with van der Waals surface area (Å²) < 4.78 is 13.4. The Labute approximate surface area is 169 Å². The minimum Gasteiger partial charge on any atom is -0.497 e. The first-order valence-corrected chi connectivity index (χ1v) is 9.97. The summed E-state index contributed by atoms with van der Waals surface area (Å²) in [5, 5.41) is 5.48. The molecule has 6 heteroatoms. The van der Waals surface area contributed by atoms with Crippen molar-refractivity contribution in [3.05, 3.63) is 65.6 Å². The van der Waals surface area contributed by atoms with Gasteiger partial charge >= 0.3 is 0 Å². The first kappa shape index (κ1) is 17.9. The minimum absolute atomic E-state index is 0.575. The fourth-order valence-corrected chi connectivity index (χ4v) is 4.21. The zero-order chi connectivity index (χ0) is 19.8. The van der Waals surface area contributed by atoms with Gasteiger partial charge in [-0.05, 0) is 42.9 Å². The molecule has 0 amide bonds. The van der Waals surface area contributed by atoms with Crippen molar-refractivity contribution in [3.63, 3.8) is 0 Å². The lowest BCUT2D eigenvalue weighted by molar-refractivity contribution is 0.309. The van der Waals surface area contributed by atoms with Gasteiger partial charge in [0.15, 0.2) is 5.82 Å². The van der Waals surface area contributed by atoms with E-state index in [2.05, 4.69) is 38.8 Å². The molecule has 0 aliphatic carbocycles. The van der Waals surface area contributed by atoms with E-state index in [1.807, 2.05) is 36.4 Å². The second-order valence-electron chi connectivity index (χ2n) is 7.58. The fourth-order valence-electron chi connectivity index (χ4n) is 4.21. The van der Waals surface area contributed by atoms with Crippen molar-refractivity contribution in [3.8, 4) is 17.2 Å². The standard InChI is InChI=1S/C23H24N4O2/c1-26-12-10-21-19(15-26)18-14-17(28-2)8-9-20(18)27(21)13-11-22-24-23(29-25-22)16-6-4-3-5-7-16/h3-9,14H,10-13,15H2,1-2H3. The van der Waals surface area contributed by atoms with Gasteiger partial charge in [-0.1, -0.05) is 23.4 Å². The summed E-state index contributed by atoms with van der Waals surface area (Å²) in [5.74, 6) is 2.21. The monoisotopic (exact) mass is 388 g/mol. The van der Waals surface area contributed by atoms with Gasteiger partial charge in [-0.2, -0.15) is 4.98 Å². The third-order valence-electron chi connectivity index (χ3n) is 5.70. The molecule has 29 heavy (non-hydrogen) atoms. The SMILES string of the molecule is COc1ccc2c(c1)c1c(n2CCc2noc(-c3ccccc3)n2)CCN(C)C1. The summed E-state index contributed by atoms with van der Waals surface area (Å²) in [6, 6.07) is 16.3. The van der Waals surface area contributed by atoms with Crippen LogP contribution >= 0.6 is 0 Å². The lowest BCUT2D eigenvalue weighted by Crippen LogP contribution is -2.27. The average Bonchev–Trinajstić information content (AvgIpc) is 3.35. The second kappa shape index (κ2) is 7.37. The molecule has 6 nitrogen and oxygen atoms in total. The number of fused-ring (bicyclic) bond motifs is 3. The summed E-state index contributed by atoms with van der Waals surface area (Å²) in [5.41, 5.74) is 5.02. The number of benzene rings is 2. The highest BCUT2D eigenvalue weighted by Gasteiger charge is 2.23. The van der Waals surface area contributed by atoms with Crippen LogP contribution in [-0.4, -0.2) is 40.3 Å². The van der Waals surface area contributed by atoms with Gasteiger partial charge < -0.3 is 18.7 Å². The summed E-state index contributed by atoms with van der Waals surface area (Å²) in [7, 11) is 3.90. The van der Waals surface area contributed by atoms with Gasteiger partial charge in [0.05, 0.1) is 7.11 Å². The molecule has 1 aliphatic heterocycles. The fraction of sp³-hybridized carbons (Fsp3) is 0.304. The molecule has 0 saturated carbocycles. The number of aromatic nitrogens is 3. The maximum atomic E-state index is 5.47. The van der Waals surface area contributed by atoms with Crippen LogP contribution in [0.1, 0.15) is 17.1 Å². The molecule has 0 atom stereocenters. The average molecular weight is 388 g/mol. The van der Waals surface area contributed by atoms with Crippen molar-refractivity contribution >= 4 is 10.9 Å². The Bertz CT molecular complexity index is 1150. The van der Waals surface area contributed by atoms with Crippen LogP contribution in [0, 0.1) is 0 Å². The van der Waals surface area contributed by atoms with Crippen molar-refractivity contribution in [1.29, 1.82) is 0 Å². The number of hydrogen-bond donors (Lipinski definition) is 0. The number of rotatable bonds is 5. The molecule has 0 radical (unpaired) electrons. The maximum absolute atomic E-state index is 5.47. The molecule has 148 valence electrons. The van der Waals surface area contributed by atoms with Crippen LogP contribution in [0.3, 0.4) is 0 Å². The van der Waals surface area contributed by atoms with Crippen LogP contribution < -0.4 is 4.74 Å². The largest absolute Gasteiger partial charge is 0.497 e. The number of aryl methyl sites for hydroxylation is 2. The molecular weight excluding hydrogens is 364 g/mol. The Morgan fingerprint density at radius 2 is 2.00 bits per heavy atom. The predicted octanol–water partition coefficient (Wildman–Crippen LogP) is 3.93. The van der Waals surface area contributed by atoms with Gasteiger partial charge in [0.1, 0.15) is 5.75 Å². The smallest absolute Gasteiger partial charge is 0.257 e. The predicted molar refractivity (Wildman–Crippen MR) is 112 cm³/mol. The van der Waals surface area contributed by atoms with Gasteiger partial charge in [-0.25, -0.2) is 0 Å². The van der Waals surface area contributed by atoms with E-state index in [1.54, 1.807) is 7.11 Å². The normalized spacial score (nSPS) is 14.3. The van der Waals surface area contributed by atoms with Gasteiger partial charge in [-0.15, -0.1) is 0 Å². The summed E-state index contributed by atoms with van der Waals surface area (Å²) >= 11 is 0. The minimum atomic E-state index is 0.575. The van der Waals surface area contributed by atoms with Gasteiger partial charge in [-0.3, -0.25) is 0 Å². The first-order chi connectivity index (χ1) is 14.2. The van der Waals surface area contributed by atoms with Gasteiger partial charge in [0, 0.05) is 54.6 Å². The topological polar surface area (TPSA) is 56.3 Å². The van der Waals surface area contributed by atoms with Crippen LogP contribution in [0.2, 0.25) is 0 Å². The molecule has 3 heterocycles. The molecule has 0 bridgehead atoms. The zero-order valence-electron chi connectivity index (χ0n) is 16.8. The number of nitrogens with zero attached hydrogens (tertiary/aromatic N) is 4. The third-order valence-corrected chi connectivity index (χ3v) is 5.70. The lowest BCUT2D eigenvalue weighted by Gasteiger charge is -2.24. The van der Waals surface area contributed by atoms with E-state index in [1.165, 1.54) is 22.2 Å². The number of methoxy groups -OCH3 is 1.